The van der Waals surface area contributed by atoms with Crippen LogP contribution < -0.4 is 5.32 Å². The maximum atomic E-state index is 5.86. The van der Waals surface area contributed by atoms with Gasteiger partial charge in [0.2, 0.25) is 0 Å². The van der Waals surface area contributed by atoms with E-state index in [1.54, 1.807) is 6.20 Å². The lowest BCUT2D eigenvalue weighted by Gasteiger charge is -2.15. The van der Waals surface area contributed by atoms with Gasteiger partial charge in [0, 0.05) is 24.5 Å². The Kier molecular flexibility index (Phi) is 2.79. The van der Waals surface area contributed by atoms with Crippen LogP contribution in [0.1, 0.15) is 25.5 Å². The minimum atomic E-state index is 0.163. The number of nitrogens with one attached hydrogen (secondary N) is 1. The number of aromatic nitrogens is 1. The van der Waals surface area contributed by atoms with Crippen molar-refractivity contribution in [2.75, 3.05) is 6.54 Å². The van der Waals surface area contributed by atoms with Crippen molar-refractivity contribution in [3.63, 3.8) is 0 Å². The molecule has 0 aliphatic carbocycles. The van der Waals surface area contributed by atoms with Crippen LogP contribution in [-0.2, 0) is 4.74 Å². The number of hydrogen-bond acceptors (Lipinski definition) is 3. The molecule has 0 saturated carbocycles. The molecule has 1 N–H and O–H groups in total. The summed E-state index contributed by atoms with van der Waals surface area (Å²) < 4.78 is 5.86. The molecular weight excluding hydrogens is 176 g/mol. The van der Waals surface area contributed by atoms with Crippen molar-refractivity contribution < 1.29 is 4.74 Å². The first kappa shape index (κ1) is 9.62. The topological polar surface area (TPSA) is 34.2 Å². The molecule has 0 bridgehead atoms. The van der Waals surface area contributed by atoms with Crippen LogP contribution in [0.3, 0.4) is 0 Å². The maximum Gasteiger partial charge on any atom is 0.111 e. The quantitative estimate of drug-likeness (QED) is 0.774. The molecular formula is C11H16N2O. The van der Waals surface area contributed by atoms with Crippen LogP contribution in [0.5, 0.6) is 0 Å². The summed E-state index contributed by atoms with van der Waals surface area (Å²) in [5.74, 6) is 0.511. The van der Waals surface area contributed by atoms with Gasteiger partial charge in [-0.2, -0.15) is 0 Å². The predicted octanol–water partition coefficient (Wildman–Crippen LogP) is 1.72. The summed E-state index contributed by atoms with van der Waals surface area (Å²) in [4.78, 5) is 4.09. The molecule has 1 aliphatic rings. The van der Waals surface area contributed by atoms with Crippen molar-refractivity contribution in [3.8, 4) is 0 Å². The molecule has 0 spiro atoms. The second-order valence-corrected chi connectivity index (χ2v) is 3.98. The van der Waals surface area contributed by atoms with Crippen molar-refractivity contribution in [2.45, 2.75) is 26.2 Å². The fraction of sp³-hybridized carbons (Fsp3) is 0.545. The Hall–Kier alpha value is -0.930. The van der Waals surface area contributed by atoms with E-state index in [2.05, 4.69) is 30.2 Å². The van der Waals surface area contributed by atoms with E-state index in [4.69, 9.17) is 4.74 Å². The Morgan fingerprint density at radius 2 is 2.43 bits per heavy atom. The van der Waals surface area contributed by atoms with Gasteiger partial charge in [-0.15, -0.1) is 0 Å². The van der Waals surface area contributed by atoms with Gasteiger partial charge < -0.3 is 4.74 Å². The summed E-state index contributed by atoms with van der Waals surface area (Å²) in [6.07, 6.45) is 4.00. The van der Waals surface area contributed by atoms with Crippen molar-refractivity contribution in [2.24, 2.45) is 5.92 Å². The molecule has 2 unspecified atom stereocenters. The lowest BCUT2D eigenvalue weighted by atomic mass is 10.2. The Balaban J connectivity index is 2.03. The Morgan fingerprint density at radius 1 is 1.57 bits per heavy atom. The summed E-state index contributed by atoms with van der Waals surface area (Å²) in [7, 11) is 0. The standard InChI is InChI=1S/C11H16N2O/c1-8(2)11-13-7-10(14-11)9-4-3-5-12-6-9/h3-6,8,10-11,13H,7H2,1-2H3. The molecule has 2 atom stereocenters. The van der Waals surface area contributed by atoms with E-state index in [9.17, 15) is 0 Å². The fourth-order valence-electron chi connectivity index (χ4n) is 1.65. The number of ether oxygens (including phenoxy) is 1. The van der Waals surface area contributed by atoms with E-state index < -0.39 is 0 Å². The molecule has 0 aromatic carbocycles. The van der Waals surface area contributed by atoms with Crippen LogP contribution in [0.2, 0.25) is 0 Å². The summed E-state index contributed by atoms with van der Waals surface area (Å²) in [5, 5.41) is 3.35. The molecule has 2 rings (SSSR count). The average Bonchev–Trinajstić information content (AvgIpc) is 2.68. The molecule has 1 aromatic rings. The summed E-state index contributed by atoms with van der Waals surface area (Å²) in [6, 6.07) is 4.00. The summed E-state index contributed by atoms with van der Waals surface area (Å²) >= 11 is 0. The Labute approximate surface area is 84.5 Å². The zero-order valence-corrected chi connectivity index (χ0v) is 8.60. The number of pyridine rings is 1. The van der Waals surface area contributed by atoms with Gasteiger partial charge >= 0.3 is 0 Å². The van der Waals surface area contributed by atoms with Crippen molar-refractivity contribution in [1.82, 2.24) is 10.3 Å². The van der Waals surface area contributed by atoms with Crippen molar-refractivity contribution in [3.05, 3.63) is 30.1 Å². The molecule has 1 saturated heterocycles. The van der Waals surface area contributed by atoms with Gasteiger partial charge in [0.25, 0.3) is 0 Å². The first-order valence-electron chi connectivity index (χ1n) is 5.06. The lowest BCUT2D eigenvalue weighted by molar-refractivity contribution is 0.0135. The van der Waals surface area contributed by atoms with Crippen molar-refractivity contribution >= 4 is 0 Å². The molecule has 1 aromatic heterocycles. The Bertz CT molecular complexity index is 287. The maximum absolute atomic E-state index is 5.86. The highest BCUT2D eigenvalue weighted by molar-refractivity contribution is 5.13. The summed E-state index contributed by atoms with van der Waals surface area (Å²) in [5.41, 5.74) is 1.16. The van der Waals surface area contributed by atoms with Crippen LogP contribution in [0.15, 0.2) is 24.5 Å². The zero-order chi connectivity index (χ0) is 9.97. The zero-order valence-electron chi connectivity index (χ0n) is 8.60. The first-order valence-corrected chi connectivity index (χ1v) is 5.06. The third-order valence-corrected chi connectivity index (χ3v) is 2.48. The van der Waals surface area contributed by atoms with E-state index in [1.165, 1.54) is 0 Å². The van der Waals surface area contributed by atoms with Gasteiger partial charge in [-0.3, -0.25) is 10.3 Å². The largest absolute Gasteiger partial charge is 0.354 e. The predicted molar refractivity (Wildman–Crippen MR) is 54.7 cm³/mol. The van der Waals surface area contributed by atoms with Crippen LogP contribution in [0.4, 0.5) is 0 Å². The number of nitrogens with zero attached hydrogens (tertiary/aromatic N) is 1. The fourth-order valence-corrected chi connectivity index (χ4v) is 1.65. The van der Waals surface area contributed by atoms with Crippen LogP contribution in [0.25, 0.3) is 0 Å². The lowest BCUT2D eigenvalue weighted by Crippen LogP contribution is -2.27. The first-order chi connectivity index (χ1) is 6.77. The normalized spacial score (nSPS) is 27.1. The highest BCUT2D eigenvalue weighted by Gasteiger charge is 2.27. The van der Waals surface area contributed by atoms with Gasteiger partial charge in [-0.25, -0.2) is 0 Å². The van der Waals surface area contributed by atoms with Crippen LogP contribution >= 0.6 is 0 Å². The molecule has 2 heterocycles. The molecule has 1 aliphatic heterocycles. The SMILES string of the molecule is CC(C)C1NCC(c2cccnc2)O1. The van der Waals surface area contributed by atoms with E-state index >= 15 is 0 Å². The van der Waals surface area contributed by atoms with E-state index in [-0.39, 0.29) is 12.3 Å². The van der Waals surface area contributed by atoms with Gasteiger partial charge in [0.15, 0.2) is 0 Å². The summed E-state index contributed by atoms with van der Waals surface area (Å²) in [6.45, 7) is 5.20. The minimum Gasteiger partial charge on any atom is -0.354 e. The van der Waals surface area contributed by atoms with Gasteiger partial charge in [-0.05, 0) is 12.0 Å². The molecule has 1 fully saturated rings. The van der Waals surface area contributed by atoms with E-state index in [0.717, 1.165) is 12.1 Å². The second-order valence-electron chi connectivity index (χ2n) is 3.98. The van der Waals surface area contributed by atoms with Gasteiger partial charge in [0.1, 0.15) is 6.23 Å². The highest BCUT2D eigenvalue weighted by atomic mass is 16.5. The van der Waals surface area contributed by atoms with Gasteiger partial charge in [-0.1, -0.05) is 19.9 Å². The van der Waals surface area contributed by atoms with Crippen LogP contribution in [-0.4, -0.2) is 17.8 Å². The van der Waals surface area contributed by atoms with E-state index in [1.807, 2.05) is 12.3 Å². The molecule has 3 nitrogen and oxygen atoms in total. The van der Waals surface area contributed by atoms with Gasteiger partial charge in [0.05, 0.1) is 6.10 Å². The molecule has 76 valence electrons. The minimum absolute atomic E-state index is 0.163. The third kappa shape index (κ3) is 1.94. The monoisotopic (exact) mass is 192 g/mol. The molecule has 0 radical (unpaired) electrons. The highest BCUT2D eigenvalue weighted by Crippen LogP contribution is 2.24. The molecule has 3 heteroatoms. The Morgan fingerprint density at radius 3 is 3.00 bits per heavy atom. The third-order valence-electron chi connectivity index (χ3n) is 2.48. The second kappa shape index (κ2) is 4.07. The van der Waals surface area contributed by atoms with E-state index in [0.29, 0.717) is 5.92 Å². The molecule has 14 heavy (non-hydrogen) atoms. The average molecular weight is 192 g/mol. The number of rotatable bonds is 2. The smallest absolute Gasteiger partial charge is 0.111 e. The van der Waals surface area contributed by atoms with Crippen LogP contribution in [0, 0.1) is 5.92 Å². The molecule has 0 amide bonds. The van der Waals surface area contributed by atoms with Crippen molar-refractivity contribution in [1.29, 1.82) is 0 Å². The number of hydrogen-bond donors (Lipinski definition) is 1.